The predicted molar refractivity (Wildman–Crippen MR) is 96.3 cm³/mol. The van der Waals surface area contributed by atoms with Gasteiger partial charge in [0, 0.05) is 34.9 Å². The van der Waals surface area contributed by atoms with Gasteiger partial charge in [-0.3, -0.25) is 14.8 Å². The number of carbonyl (C=O) groups is 1. The van der Waals surface area contributed by atoms with Crippen LogP contribution < -0.4 is 0 Å². The highest BCUT2D eigenvalue weighted by Gasteiger charge is 2.17. The van der Waals surface area contributed by atoms with Crippen molar-refractivity contribution in [2.24, 2.45) is 0 Å². The number of amides is 1. The lowest BCUT2D eigenvalue weighted by Gasteiger charge is -2.18. The first-order valence-corrected chi connectivity index (χ1v) is 8.16. The molecule has 0 N–H and O–H groups in total. The van der Waals surface area contributed by atoms with Gasteiger partial charge in [0.1, 0.15) is 5.69 Å². The molecule has 0 unspecified atom stereocenters. The van der Waals surface area contributed by atoms with Crippen LogP contribution in [-0.4, -0.2) is 32.4 Å². The number of carbonyl (C=O) groups excluding carboxylic acids is 1. The number of nitrogens with zero attached hydrogens (tertiary/aromatic N) is 4. The minimum atomic E-state index is -0.0560. The number of hydrogen-bond donors (Lipinski definition) is 0. The largest absolute Gasteiger partial charge is 0.334 e. The fourth-order valence-corrected chi connectivity index (χ4v) is 2.85. The molecule has 0 atom stereocenters. The van der Waals surface area contributed by atoms with Crippen LogP contribution in [0.2, 0.25) is 0 Å². The van der Waals surface area contributed by atoms with E-state index in [1.807, 2.05) is 47.2 Å². The number of aromatic nitrogens is 3. The van der Waals surface area contributed by atoms with Crippen LogP contribution in [-0.2, 0) is 6.54 Å². The molecule has 5 nitrogen and oxygen atoms in total. The molecule has 0 saturated heterocycles. The number of rotatable bonds is 4. The van der Waals surface area contributed by atoms with E-state index in [2.05, 4.69) is 32.6 Å². The Morgan fingerprint density at radius 3 is 2.87 bits per heavy atom. The fourth-order valence-electron chi connectivity index (χ4n) is 2.33. The van der Waals surface area contributed by atoms with Crippen LogP contribution in [0.5, 0.6) is 0 Å². The average molecular weight is 418 g/mol. The van der Waals surface area contributed by atoms with Gasteiger partial charge in [0.2, 0.25) is 0 Å². The first kappa shape index (κ1) is 15.7. The molecule has 3 rings (SSSR count). The van der Waals surface area contributed by atoms with Crippen molar-refractivity contribution in [2.75, 3.05) is 7.05 Å². The van der Waals surface area contributed by atoms with Crippen LogP contribution in [0.15, 0.2) is 61.2 Å². The van der Waals surface area contributed by atoms with Gasteiger partial charge in [-0.05, 0) is 52.9 Å². The van der Waals surface area contributed by atoms with Gasteiger partial charge in [0.25, 0.3) is 5.91 Å². The van der Waals surface area contributed by atoms with Crippen molar-refractivity contribution in [2.45, 2.75) is 6.54 Å². The van der Waals surface area contributed by atoms with Gasteiger partial charge in [0.15, 0.2) is 0 Å². The van der Waals surface area contributed by atoms with Gasteiger partial charge in [-0.2, -0.15) is 0 Å². The highest BCUT2D eigenvalue weighted by Crippen LogP contribution is 2.17. The highest BCUT2D eigenvalue weighted by molar-refractivity contribution is 14.1. The van der Waals surface area contributed by atoms with Crippen molar-refractivity contribution in [1.29, 1.82) is 0 Å². The Morgan fingerprint density at radius 1 is 1.26 bits per heavy atom. The minimum Gasteiger partial charge on any atom is -0.334 e. The third kappa shape index (κ3) is 3.58. The van der Waals surface area contributed by atoms with Crippen LogP contribution in [0.25, 0.3) is 5.69 Å². The van der Waals surface area contributed by atoms with Crippen LogP contribution in [0.3, 0.4) is 0 Å². The standard InChI is InChI=1S/C17H15IN4O/c1-21(12-14-11-19-7-8-20-14)17(23)16-6-3-9-22(16)15-5-2-4-13(18)10-15/h2-11H,12H2,1H3. The van der Waals surface area contributed by atoms with E-state index in [0.717, 1.165) is 15.0 Å². The van der Waals surface area contributed by atoms with E-state index >= 15 is 0 Å². The average Bonchev–Trinajstić information content (AvgIpc) is 3.04. The van der Waals surface area contributed by atoms with Crippen LogP contribution in [0.4, 0.5) is 0 Å². The zero-order chi connectivity index (χ0) is 16.2. The Morgan fingerprint density at radius 2 is 2.13 bits per heavy atom. The molecule has 23 heavy (non-hydrogen) atoms. The van der Waals surface area contributed by atoms with Gasteiger partial charge in [-0.15, -0.1) is 0 Å². The molecule has 6 heteroatoms. The third-order valence-electron chi connectivity index (χ3n) is 3.42. The van der Waals surface area contributed by atoms with Gasteiger partial charge < -0.3 is 9.47 Å². The van der Waals surface area contributed by atoms with E-state index in [1.54, 1.807) is 30.5 Å². The summed E-state index contributed by atoms with van der Waals surface area (Å²) < 4.78 is 3.03. The molecule has 0 saturated carbocycles. The first-order chi connectivity index (χ1) is 11.1. The molecule has 2 aromatic heterocycles. The number of hydrogen-bond acceptors (Lipinski definition) is 3. The van der Waals surface area contributed by atoms with Crippen LogP contribution >= 0.6 is 22.6 Å². The summed E-state index contributed by atoms with van der Waals surface area (Å²) >= 11 is 2.26. The van der Waals surface area contributed by atoms with Crippen LogP contribution in [0.1, 0.15) is 16.2 Å². The molecule has 0 aliphatic carbocycles. The Balaban J connectivity index is 1.85. The zero-order valence-electron chi connectivity index (χ0n) is 12.6. The Hall–Kier alpha value is -2.22. The summed E-state index contributed by atoms with van der Waals surface area (Å²) in [5.74, 6) is -0.0560. The maximum atomic E-state index is 12.7. The summed E-state index contributed by atoms with van der Waals surface area (Å²) in [7, 11) is 1.77. The highest BCUT2D eigenvalue weighted by atomic mass is 127. The number of halogens is 1. The van der Waals surface area contributed by atoms with Crippen molar-refractivity contribution < 1.29 is 4.79 Å². The minimum absolute atomic E-state index is 0.0560. The van der Waals surface area contributed by atoms with E-state index in [-0.39, 0.29) is 5.91 Å². The third-order valence-corrected chi connectivity index (χ3v) is 4.09. The molecule has 1 amide bonds. The molecule has 0 radical (unpaired) electrons. The van der Waals surface area contributed by atoms with Crippen molar-refractivity contribution in [3.05, 3.63) is 76.1 Å². The fraction of sp³-hybridized carbons (Fsp3) is 0.118. The monoisotopic (exact) mass is 418 g/mol. The molecule has 0 fully saturated rings. The first-order valence-electron chi connectivity index (χ1n) is 7.09. The maximum absolute atomic E-state index is 12.7. The second-order valence-electron chi connectivity index (χ2n) is 5.10. The second kappa shape index (κ2) is 6.91. The molecule has 1 aromatic carbocycles. The van der Waals surface area contributed by atoms with Crippen molar-refractivity contribution in [1.82, 2.24) is 19.4 Å². The molecular weight excluding hydrogens is 403 g/mol. The van der Waals surface area contributed by atoms with E-state index in [0.29, 0.717) is 12.2 Å². The summed E-state index contributed by atoms with van der Waals surface area (Å²) in [5.41, 5.74) is 2.35. The Kier molecular flexibility index (Phi) is 4.71. The van der Waals surface area contributed by atoms with Crippen molar-refractivity contribution >= 4 is 28.5 Å². The van der Waals surface area contributed by atoms with Gasteiger partial charge in [-0.1, -0.05) is 6.07 Å². The number of benzene rings is 1. The summed E-state index contributed by atoms with van der Waals surface area (Å²) in [6.07, 6.45) is 6.81. The molecule has 0 spiro atoms. The normalized spacial score (nSPS) is 10.5. The van der Waals surface area contributed by atoms with E-state index < -0.39 is 0 Å². The lowest BCUT2D eigenvalue weighted by molar-refractivity contribution is 0.0775. The Bertz CT molecular complexity index is 816. The quantitative estimate of drug-likeness (QED) is 0.612. The lowest BCUT2D eigenvalue weighted by Crippen LogP contribution is -2.28. The van der Waals surface area contributed by atoms with Crippen LogP contribution in [0, 0.1) is 3.57 Å². The van der Waals surface area contributed by atoms with E-state index in [9.17, 15) is 4.79 Å². The summed E-state index contributed by atoms with van der Waals surface area (Å²) in [6, 6.07) is 11.7. The SMILES string of the molecule is CN(Cc1cnccn1)C(=O)c1cccn1-c1cccc(I)c1. The zero-order valence-corrected chi connectivity index (χ0v) is 14.7. The maximum Gasteiger partial charge on any atom is 0.270 e. The molecule has 3 aromatic rings. The molecule has 116 valence electrons. The smallest absolute Gasteiger partial charge is 0.270 e. The van der Waals surface area contributed by atoms with E-state index in [1.165, 1.54) is 0 Å². The topological polar surface area (TPSA) is 51.0 Å². The summed E-state index contributed by atoms with van der Waals surface area (Å²) in [5, 5.41) is 0. The second-order valence-corrected chi connectivity index (χ2v) is 6.35. The lowest BCUT2D eigenvalue weighted by atomic mass is 10.3. The molecular formula is C17H15IN4O. The van der Waals surface area contributed by atoms with Crippen molar-refractivity contribution in [3.8, 4) is 5.69 Å². The molecule has 0 bridgehead atoms. The van der Waals surface area contributed by atoms with Gasteiger partial charge in [0.05, 0.1) is 18.4 Å². The van der Waals surface area contributed by atoms with Gasteiger partial charge in [-0.25, -0.2) is 0 Å². The van der Waals surface area contributed by atoms with E-state index in [4.69, 9.17) is 0 Å². The van der Waals surface area contributed by atoms with Crippen molar-refractivity contribution in [3.63, 3.8) is 0 Å². The summed E-state index contributed by atoms with van der Waals surface area (Å²) in [6.45, 7) is 0.421. The Labute approximate surface area is 148 Å². The molecule has 0 aliphatic heterocycles. The van der Waals surface area contributed by atoms with Gasteiger partial charge >= 0.3 is 0 Å². The predicted octanol–water partition coefficient (Wildman–Crippen LogP) is 3.14. The molecule has 2 heterocycles. The summed E-state index contributed by atoms with van der Waals surface area (Å²) in [4.78, 5) is 22.6. The molecule has 0 aliphatic rings.